The molecule has 0 saturated heterocycles. The zero-order valence-electron chi connectivity index (χ0n) is 12.2. The summed E-state index contributed by atoms with van der Waals surface area (Å²) in [6.07, 6.45) is 8.14. The predicted octanol–water partition coefficient (Wildman–Crippen LogP) is 4.15. The lowest BCUT2D eigenvalue weighted by atomic mass is 9.89. The Bertz CT molecular complexity index is 358. The average Bonchev–Trinajstić information content (AvgIpc) is 2.47. The number of nitrogens with one attached hydrogen (secondary N) is 1. The molecule has 106 valence electrons. The molecule has 0 aromatic heterocycles. The molecule has 0 spiro atoms. The summed E-state index contributed by atoms with van der Waals surface area (Å²) in [6, 6.07) is 8.39. The van der Waals surface area contributed by atoms with Crippen LogP contribution in [0.3, 0.4) is 0 Å². The molecule has 1 aliphatic rings. The topological polar surface area (TPSA) is 21.3 Å². The summed E-state index contributed by atoms with van der Waals surface area (Å²) in [5.41, 5.74) is 1.28. The van der Waals surface area contributed by atoms with Crippen LogP contribution in [-0.4, -0.2) is 13.2 Å². The summed E-state index contributed by atoms with van der Waals surface area (Å²) in [4.78, 5) is 0. The maximum absolute atomic E-state index is 5.79. The number of ether oxygens (including phenoxy) is 1. The fourth-order valence-electron chi connectivity index (χ4n) is 2.80. The maximum atomic E-state index is 5.79. The van der Waals surface area contributed by atoms with Crippen LogP contribution in [0.4, 0.5) is 0 Å². The van der Waals surface area contributed by atoms with Crippen LogP contribution in [0.25, 0.3) is 0 Å². The van der Waals surface area contributed by atoms with Crippen molar-refractivity contribution in [3.8, 4) is 5.75 Å². The molecule has 0 amide bonds. The molecule has 0 heterocycles. The summed E-state index contributed by atoms with van der Waals surface area (Å²) in [6.45, 7) is 5.03. The fourth-order valence-corrected chi connectivity index (χ4v) is 2.80. The molecule has 2 heteroatoms. The minimum absolute atomic E-state index is 0.805. The summed E-state index contributed by atoms with van der Waals surface area (Å²) in [5, 5.41) is 3.61. The van der Waals surface area contributed by atoms with E-state index >= 15 is 0 Å². The van der Waals surface area contributed by atoms with Crippen LogP contribution in [0.2, 0.25) is 0 Å². The molecule has 0 aliphatic heterocycles. The average molecular weight is 261 g/mol. The van der Waals surface area contributed by atoms with Crippen LogP contribution in [0, 0.1) is 5.92 Å². The van der Waals surface area contributed by atoms with Crippen molar-refractivity contribution < 1.29 is 4.74 Å². The van der Waals surface area contributed by atoms with Gasteiger partial charge in [-0.15, -0.1) is 0 Å². The van der Waals surface area contributed by atoms with Gasteiger partial charge in [-0.05, 0) is 37.8 Å². The lowest BCUT2D eigenvalue weighted by Gasteiger charge is -2.22. The third-order valence-corrected chi connectivity index (χ3v) is 3.91. The molecule has 1 aromatic rings. The van der Waals surface area contributed by atoms with Gasteiger partial charge in [0.15, 0.2) is 0 Å². The Hall–Kier alpha value is -1.02. The molecule has 1 fully saturated rings. The monoisotopic (exact) mass is 261 g/mol. The number of hydrogen-bond acceptors (Lipinski definition) is 2. The first-order valence-corrected chi connectivity index (χ1v) is 7.81. The first-order chi connectivity index (χ1) is 9.40. The van der Waals surface area contributed by atoms with E-state index in [2.05, 4.69) is 36.5 Å². The molecule has 2 nitrogen and oxygen atoms in total. The van der Waals surface area contributed by atoms with Gasteiger partial charge in [-0.2, -0.15) is 0 Å². The van der Waals surface area contributed by atoms with E-state index in [1.54, 1.807) is 0 Å². The van der Waals surface area contributed by atoms with Gasteiger partial charge in [0.2, 0.25) is 0 Å². The molecule has 0 atom stereocenters. The Kier molecular flexibility index (Phi) is 6.22. The maximum Gasteiger partial charge on any atom is 0.123 e. The second-order valence-corrected chi connectivity index (χ2v) is 5.59. The van der Waals surface area contributed by atoms with E-state index in [-0.39, 0.29) is 0 Å². The highest BCUT2D eigenvalue weighted by molar-refractivity contribution is 5.33. The van der Waals surface area contributed by atoms with Crippen LogP contribution in [0.15, 0.2) is 24.3 Å². The van der Waals surface area contributed by atoms with Crippen molar-refractivity contribution in [2.45, 2.75) is 52.0 Å². The highest BCUT2D eigenvalue weighted by atomic mass is 16.5. The van der Waals surface area contributed by atoms with Gasteiger partial charge < -0.3 is 10.1 Å². The zero-order valence-corrected chi connectivity index (χ0v) is 12.2. The molecule has 0 bridgehead atoms. The summed E-state index contributed by atoms with van der Waals surface area (Å²) in [7, 11) is 0. The first kappa shape index (κ1) is 14.4. The fraction of sp³-hybridized carbons (Fsp3) is 0.647. The van der Waals surface area contributed by atoms with Gasteiger partial charge in [0.1, 0.15) is 5.75 Å². The predicted molar refractivity (Wildman–Crippen MR) is 80.5 cm³/mol. The van der Waals surface area contributed by atoms with Gasteiger partial charge in [-0.3, -0.25) is 0 Å². The van der Waals surface area contributed by atoms with Gasteiger partial charge in [-0.25, -0.2) is 0 Å². The molecule has 1 aliphatic carbocycles. The highest BCUT2D eigenvalue weighted by Gasteiger charge is 2.12. The lowest BCUT2D eigenvalue weighted by molar-refractivity contribution is 0.311. The molecule has 0 unspecified atom stereocenters. The van der Waals surface area contributed by atoms with Crippen molar-refractivity contribution in [2.24, 2.45) is 5.92 Å². The molecule has 1 aromatic carbocycles. The quantitative estimate of drug-likeness (QED) is 0.796. The summed E-state index contributed by atoms with van der Waals surface area (Å²) in [5.74, 6) is 1.93. The van der Waals surface area contributed by atoms with Gasteiger partial charge >= 0.3 is 0 Å². The van der Waals surface area contributed by atoms with Gasteiger partial charge in [0.05, 0.1) is 6.61 Å². The second-order valence-electron chi connectivity index (χ2n) is 5.59. The number of rotatable bonds is 7. The normalized spacial score (nSPS) is 16.5. The Labute approximate surface area is 117 Å². The minimum atomic E-state index is 0.805. The van der Waals surface area contributed by atoms with Crippen LogP contribution in [0.5, 0.6) is 5.75 Å². The molecule has 1 N–H and O–H groups in total. The summed E-state index contributed by atoms with van der Waals surface area (Å²) < 4.78 is 5.79. The molecule has 2 rings (SSSR count). The molecule has 1 saturated carbocycles. The lowest BCUT2D eigenvalue weighted by Crippen LogP contribution is -2.24. The second kappa shape index (κ2) is 8.21. The Morgan fingerprint density at radius 2 is 1.95 bits per heavy atom. The zero-order chi connectivity index (χ0) is 13.3. The van der Waals surface area contributed by atoms with Gasteiger partial charge in [0.25, 0.3) is 0 Å². The van der Waals surface area contributed by atoms with Crippen molar-refractivity contribution in [2.75, 3.05) is 13.2 Å². The van der Waals surface area contributed by atoms with E-state index in [1.165, 1.54) is 37.7 Å². The molecular weight excluding hydrogens is 234 g/mol. The Balaban J connectivity index is 1.77. The van der Waals surface area contributed by atoms with E-state index < -0.39 is 0 Å². The van der Waals surface area contributed by atoms with Crippen LogP contribution >= 0.6 is 0 Å². The number of para-hydroxylation sites is 1. The molecule has 19 heavy (non-hydrogen) atoms. The van der Waals surface area contributed by atoms with Gasteiger partial charge in [-0.1, -0.05) is 44.4 Å². The first-order valence-electron chi connectivity index (χ1n) is 7.81. The standard InChI is InChI=1S/C17H27NO/c1-2-12-19-17-11-7-6-10-16(17)14-18-13-15-8-4-3-5-9-15/h6-7,10-11,15,18H,2-5,8-9,12-14H2,1H3. The highest BCUT2D eigenvalue weighted by Crippen LogP contribution is 2.23. The van der Waals surface area contributed by atoms with E-state index in [4.69, 9.17) is 4.74 Å². The van der Waals surface area contributed by atoms with Crippen molar-refractivity contribution in [3.63, 3.8) is 0 Å². The van der Waals surface area contributed by atoms with Crippen molar-refractivity contribution >= 4 is 0 Å². The van der Waals surface area contributed by atoms with E-state index in [0.29, 0.717) is 0 Å². The summed E-state index contributed by atoms with van der Waals surface area (Å²) >= 11 is 0. The minimum Gasteiger partial charge on any atom is -0.493 e. The van der Waals surface area contributed by atoms with E-state index in [0.717, 1.165) is 37.8 Å². The van der Waals surface area contributed by atoms with Crippen LogP contribution in [-0.2, 0) is 6.54 Å². The molecule has 0 radical (unpaired) electrons. The number of hydrogen-bond donors (Lipinski definition) is 1. The smallest absolute Gasteiger partial charge is 0.123 e. The van der Waals surface area contributed by atoms with E-state index in [1.807, 2.05) is 0 Å². The Morgan fingerprint density at radius 1 is 1.16 bits per heavy atom. The molecular formula is C17H27NO. The number of benzene rings is 1. The van der Waals surface area contributed by atoms with Crippen molar-refractivity contribution in [1.82, 2.24) is 5.32 Å². The van der Waals surface area contributed by atoms with Gasteiger partial charge in [0, 0.05) is 12.1 Å². The van der Waals surface area contributed by atoms with E-state index in [9.17, 15) is 0 Å². The SMILES string of the molecule is CCCOc1ccccc1CNCC1CCCCC1. The van der Waals surface area contributed by atoms with Crippen LogP contribution in [0.1, 0.15) is 51.0 Å². The van der Waals surface area contributed by atoms with Crippen LogP contribution < -0.4 is 10.1 Å². The third-order valence-electron chi connectivity index (χ3n) is 3.91. The third kappa shape index (κ3) is 4.87. The van der Waals surface area contributed by atoms with Crippen molar-refractivity contribution in [1.29, 1.82) is 0 Å². The largest absolute Gasteiger partial charge is 0.493 e. The van der Waals surface area contributed by atoms with Crippen molar-refractivity contribution in [3.05, 3.63) is 29.8 Å². The Morgan fingerprint density at radius 3 is 2.74 bits per heavy atom.